The van der Waals surface area contributed by atoms with E-state index in [0.717, 1.165) is 42.7 Å². The van der Waals surface area contributed by atoms with Gasteiger partial charge in [0.05, 0.1) is 0 Å². The van der Waals surface area contributed by atoms with Crippen LogP contribution in [0.5, 0.6) is 0 Å². The number of amides is 1. The quantitative estimate of drug-likeness (QED) is 0.619. The minimum absolute atomic E-state index is 0.0672. The monoisotopic (exact) mass is 237 g/mol. The second kappa shape index (κ2) is 5.35. The lowest BCUT2D eigenvalue weighted by atomic mass is 10.0. The van der Waals surface area contributed by atoms with Gasteiger partial charge in [0.2, 0.25) is 0 Å². The molecular weight excluding hydrogens is 222 g/mol. The highest BCUT2D eigenvalue weighted by Crippen LogP contribution is 2.18. The first kappa shape index (κ1) is 11.5. The van der Waals surface area contributed by atoms with Crippen LogP contribution in [-0.2, 0) is 13.0 Å². The van der Waals surface area contributed by atoms with Crippen molar-refractivity contribution in [3.8, 4) is 0 Å². The Bertz CT molecular complexity index is 390. The van der Waals surface area contributed by atoms with Crippen molar-refractivity contribution in [1.29, 1.82) is 0 Å². The molecule has 1 amide bonds. The maximum Gasteiger partial charge on any atom is 0.251 e. The predicted molar refractivity (Wildman–Crippen MR) is 65.9 cm³/mol. The number of hydrogen-bond acceptors (Lipinski definition) is 1. The molecule has 86 valence electrons. The zero-order chi connectivity index (χ0) is 11.4. The van der Waals surface area contributed by atoms with Gasteiger partial charge >= 0.3 is 0 Å². The Morgan fingerprint density at radius 1 is 1.25 bits per heavy atom. The largest absolute Gasteiger partial charge is 0.348 e. The molecular formula is C13H16ClNO. The van der Waals surface area contributed by atoms with E-state index in [1.807, 2.05) is 6.07 Å². The number of nitrogens with one attached hydrogen (secondary N) is 1. The van der Waals surface area contributed by atoms with Crippen LogP contribution in [0.4, 0.5) is 0 Å². The average Bonchev–Trinajstić information content (AvgIpc) is 2.67. The van der Waals surface area contributed by atoms with E-state index < -0.39 is 0 Å². The molecule has 0 aromatic heterocycles. The zero-order valence-electron chi connectivity index (χ0n) is 9.26. The molecule has 16 heavy (non-hydrogen) atoms. The summed E-state index contributed by atoms with van der Waals surface area (Å²) in [5, 5.41) is 2.83. The normalized spacial score (nSPS) is 13.7. The zero-order valence-corrected chi connectivity index (χ0v) is 10.0. The summed E-state index contributed by atoms with van der Waals surface area (Å²) in [4.78, 5) is 11.5. The van der Waals surface area contributed by atoms with Crippen molar-refractivity contribution in [3.63, 3.8) is 0 Å². The molecule has 0 radical (unpaired) electrons. The number of carbonyl (C=O) groups is 1. The van der Waals surface area contributed by atoms with E-state index >= 15 is 0 Å². The molecule has 0 saturated heterocycles. The fourth-order valence-corrected chi connectivity index (χ4v) is 2.20. The number of benzene rings is 1. The van der Waals surface area contributed by atoms with Crippen LogP contribution in [0.3, 0.4) is 0 Å². The fraction of sp³-hybridized carbons (Fsp3) is 0.462. The average molecular weight is 238 g/mol. The standard InChI is InChI=1S/C13H16ClNO/c14-7-3-1-2-4-10-5-6-11-9-15-13(16)12(11)8-10/h5-6,8H,1-4,7,9H2,(H,15,16). The Morgan fingerprint density at radius 3 is 2.94 bits per heavy atom. The highest BCUT2D eigenvalue weighted by atomic mass is 35.5. The number of rotatable bonds is 5. The van der Waals surface area contributed by atoms with Crippen molar-refractivity contribution in [2.75, 3.05) is 5.88 Å². The number of aryl methyl sites for hydroxylation is 1. The summed E-state index contributed by atoms with van der Waals surface area (Å²) in [5.41, 5.74) is 3.23. The molecule has 1 heterocycles. The molecule has 0 fully saturated rings. The molecule has 0 atom stereocenters. The summed E-state index contributed by atoms with van der Waals surface area (Å²) in [5.74, 6) is 0.810. The number of unbranched alkanes of at least 4 members (excludes halogenated alkanes) is 2. The molecule has 1 aliphatic rings. The van der Waals surface area contributed by atoms with Gasteiger partial charge in [0.25, 0.3) is 5.91 Å². The van der Waals surface area contributed by atoms with Crippen LogP contribution in [0.2, 0.25) is 0 Å². The van der Waals surface area contributed by atoms with Gasteiger partial charge in [-0.2, -0.15) is 0 Å². The Balaban J connectivity index is 1.96. The first-order valence-electron chi connectivity index (χ1n) is 5.77. The van der Waals surface area contributed by atoms with Crippen molar-refractivity contribution in [2.45, 2.75) is 32.2 Å². The summed E-state index contributed by atoms with van der Waals surface area (Å²) in [6.45, 7) is 0.681. The van der Waals surface area contributed by atoms with Gasteiger partial charge in [0, 0.05) is 18.0 Å². The summed E-state index contributed by atoms with van der Waals surface area (Å²) >= 11 is 5.63. The number of alkyl halides is 1. The van der Waals surface area contributed by atoms with E-state index in [1.165, 1.54) is 5.56 Å². The molecule has 0 spiro atoms. The summed E-state index contributed by atoms with van der Waals surface area (Å²) in [6.07, 6.45) is 4.42. The molecule has 0 aliphatic carbocycles. The minimum atomic E-state index is 0.0672. The Kier molecular flexibility index (Phi) is 3.83. The van der Waals surface area contributed by atoms with Gasteiger partial charge in [-0.15, -0.1) is 11.6 Å². The molecule has 3 heteroatoms. The number of halogens is 1. The first-order valence-corrected chi connectivity index (χ1v) is 6.30. The third kappa shape index (κ3) is 2.56. The second-order valence-corrected chi connectivity index (χ2v) is 4.55. The topological polar surface area (TPSA) is 29.1 Å². The highest BCUT2D eigenvalue weighted by Gasteiger charge is 2.18. The smallest absolute Gasteiger partial charge is 0.251 e. The fourth-order valence-electron chi connectivity index (χ4n) is 2.02. The Hall–Kier alpha value is -1.02. The van der Waals surface area contributed by atoms with Crippen molar-refractivity contribution >= 4 is 17.5 Å². The van der Waals surface area contributed by atoms with Gasteiger partial charge in [0.1, 0.15) is 0 Å². The van der Waals surface area contributed by atoms with Gasteiger partial charge in [-0.05, 0) is 36.5 Å². The molecule has 2 nitrogen and oxygen atoms in total. The Morgan fingerprint density at radius 2 is 2.12 bits per heavy atom. The number of hydrogen-bond donors (Lipinski definition) is 1. The molecule has 1 aliphatic heterocycles. The molecule has 1 N–H and O–H groups in total. The number of carbonyl (C=O) groups excluding carboxylic acids is 1. The van der Waals surface area contributed by atoms with E-state index in [2.05, 4.69) is 17.4 Å². The van der Waals surface area contributed by atoms with Crippen LogP contribution in [0.15, 0.2) is 18.2 Å². The van der Waals surface area contributed by atoms with Crippen molar-refractivity contribution in [2.24, 2.45) is 0 Å². The van der Waals surface area contributed by atoms with Crippen molar-refractivity contribution in [3.05, 3.63) is 34.9 Å². The van der Waals surface area contributed by atoms with Gasteiger partial charge < -0.3 is 5.32 Å². The van der Waals surface area contributed by atoms with E-state index in [-0.39, 0.29) is 5.91 Å². The Labute approximate surface area is 101 Å². The van der Waals surface area contributed by atoms with Crippen LogP contribution >= 0.6 is 11.6 Å². The van der Waals surface area contributed by atoms with Gasteiger partial charge in [-0.25, -0.2) is 0 Å². The lowest BCUT2D eigenvalue weighted by Gasteiger charge is -2.03. The molecule has 0 saturated carbocycles. The maximum absolute atomic E-state index is 11.5. The third-order valence-electron chi connectivity index (χ3n) is 2.96. The summed E-state index contributed by atoms with van der Waals surface area (Å²) < 4.78 is 0. The summed E-state index contributed by atoms with van der Waals surface area (Å²) in [6, 6.07) is 6.21. The molecule has 0 bridgehead atoms. The lowest BCUT2D eigenvalue weighted by molar-refractivity contribution is 0.0965. The SMILES string of the molecule is O=C1NCc2ccc(CCCCCCl)cc21. The highest BCUT2D eigenvalue weighted by molar-refractivity contribution is 6.17. The van der Waals surface area contributed by atoms with Crippen molar-refractivity contribution < 1.29 is 4.79 Å². The van der Waals surface area contributed by atoms with Crippen LogP contribution < -0.4 is 5.32 Å². The molecule has 1 aromatic rings. The van der Waals surface area contributed by atoms with Gasteiger partial charge in [-0.3, -0.25) is 4.79 Å². The van der Waals surface area contributed by atoms with Gasteiger partial charge in [-0.1, -0.05) is 18.6 Å². The van der Waals surface area contributed by atoms with Gasteiger partial charge in [0.15, 0.2) is 0 Å². The van der Waals surface area contributed by atoms with Crippen LogP contribution in [-0.4, -0.2) is 11.8 Å². The van der Waals surface area contributed by atoms with E-state index in [9.17, 15) is 4.79 Å². The van der Waals surface area contributed by atoms with E-state index in [0.29, 0.717) is 6.54 Å². The lowest BCUT2D eigenvalue weighted by Crippen LogP contribution is -2.12. The molecule has 1 aromatic carbocycles. The van der Waals surface area contributed by atoms with Crippen LogP contribution in [0, 0.1) is 0 Å². The molecule has 0 unspecified atom stereocenters. The molecule has 2 rings (SSSR count). The minimum Gasteiger partial charge on any atom is -0.348 e. The van der Waals surface area contributed by atoms with E-state index in [4.69, 9.17) is 11.6 Å². The van der Waals surface area contributed by atoms with Crippen LogP contribution in [0.25, 0.3) is 0 Å². The van der Waals surface area contributed by atoms with Crippen molar-refractivity contribution in [1.82, 2.24) is 5.32 Å². The number of fused-ring (bicyclic) bond motifs is 1. The second-order valence-electron chi connectivity index (χ2n) is 4.17. The van der Waals surface area contributed by atoms with E-state index in [1.54, 1.807) is 0 Å². The maximum atomic E-state index is 11.5. The summed E-state index contributed by atoms with van der Waals surface area (Å²) in [7, 11) is 0. The third-order valence-corrected chi connectivity index (χ3v) is 3.22. The van der Waals surface area contributed by atoms with Crippen LogP contribution in [0.1, 0.15) is 40.7 Å². The first-order chi connectivity index (χ1) is 7.81. The predicted octanol–water partition coefficient (Wildman–Crippen LogP) is 2.88.